The molecule has 0 aliphatic heterocycles. The lowest BCUT2D eigenvalue weighted by molar-refractivity contribution is 0.633. The van der Waals surface area contributed by atoms with Crippen molar-refractivity contribution < 1.29 is 0 Å². The van der Waals surface area contributed by atoms with E-state index in [-0.39, 0.29) is 0 Å². The first kappa shape index (κ1) is 36.5. The van der Waals surface area contributed by atoms with Gasteiger partial charge in [-0.2, -0.15) is 0 Å². The van der Waals surface area contributed by atoms with Gasteiger partial charge in [-0.3, -0.25) is 0 Å². The van der Waals surface area contributed by atoms with Crippen LogP contribution in [0.1, 0.15) is 44.5 Å². The molecule has 2 spiro atoms. The van der Waals surface area contributed by atoms with Crippen LogP contribution >= 0.6 is 0 Å². The van der Waals surface area contributed by atoms with E-state index in [0.717, 1.165) is 11.4 Å². The molecule has 0 bridgehead atoms. The fraction of sp³-hybridized carbons (Fsp3) is 0.0303. The average molecular weight is 861 g/mol. The highest BCUT2D eigenvalue weighted by Crippen LogP contribution is 2.67. The molecule has 2 heterocycles. The molecule has 0 N–H and O–H groups in total. The van der Waals surface area contributed by atoms with Crippen molar-refractivity contribution in [2.45, 2.75) is 10.8 Å². The molecule has 0 unspecified atom stereocenters. The maximum atomic E-state index is 2.60. The largest absolute Gasteiger partial charge is 0.309 e. The second-order valence-corrected chi connectivity index (χ2v) is 19.1. The highest BCUT2D eigenvalue weighted by molar-refractivity contribution is 6.20. The Kier molecular flexibility index (Phi) is 6.98. The lowest BCUT2D eigenvalue weighted by Crippen LogP contribution is -2.43. The Bertz CT molecular complexity index is 4240. The van der Waals surface area contributed by atoms with E-state index in [4.69, 9.17) is 0 Å². The molecular weight excluding hydrogens is 821 g/mol. The molecule has 0 saturated carbocycles. The molecule has 2 heteroatoms. The zero-order valence-corrected chi connectivity index (χ0v) is 37.0. The molecule has 16 rings (SSSR count). The standard InChI is InChI=1S/C66H40N2/c1-2-19-42(20-3-1)67-61-33-17-9-25-48(61)49-37-35-43(38-62(49)67)68-63-40-51-47-24-8-12-28-55(47)66(60(51)39-52(63)50-36-34-41-18-4-5-21-44(41)64(50)68)58-31-15-13-29-56(58)65(57-30-14-16-32-59(57)66)53-26-10-6-22-45(53)46-23-7-11-27-54(46)65/h1-40H. The summed E-state index contributed by atoms with van der Waals surface area (Å²) in [6, 6.07) is 91.9. The Hall–Kier alpha value is -8.72. The summed E-state index contributed by atoms with van der Waals surface area (Å²) in [5, 5.41) is 7.49. The second kappa shape index (κ2) is 13.0. The number of fused-ring (bicyclic) bond motifs is 24. The molecule has 0 atom stereocenters. The third-order valence-electron chi connectivity index (χ3n) is 16.2. The third kappa shape index (κ3) is 4.26. The summed E-state index contributed by atoms with van der Waals surface area (Å²) < 4.78 is 5.00. The predicted octanol–water partition coefficient (Wildman–Crippen LogP) is 16.1. The zero-order chi connectivity index (χ0) is 44.3. The minimum atomic E-state index is -0.578. The van der Waals surface area contributed by atoms with Crippen molar-refractivity contribution in [2.75, 3.05) is 0 Å². The van der Waals surface area contributed by atoms with Gasteiger partial charge >= 0.3 is 0 Å². The molecule has 2 nitrogen and oxygen atoms in total. The van der Waals surface area contributed by atoms with Crippen LogP contribution in [-0.2, 0) is 10.8 Å². The lowest BCUT2D eigenvalue weighted by atomic mass is 9.52. The Morgan fingerprint density at radius 2 is 0.706 bits per heavy atom. The van der Waals surface area contributed by atoms with Crippen LogP contribution in [0.25, 0.3) is 88.0 Å². The Balaban J connectivity index is 1.04. The summed E-state index contributed by atoms with van der Waals surface area (Å²) in [6.45, 7) is 0. The third-order valence-corrected chi connectivity index (χ3v) is 16.2. The minimum absolute atomic E-state index is 0.483. The molecule has 2 aromatic heterocycles. The van der Waals surface area contributed by atoms with Crippen LogP contribution in [0, 0.1) is 0 Å². The fourth-order valence-corrected chi connectivity index (χ4v) is 13.7. The molecule has 3 aliphatic carbocycles. The van der Waals surface area contributed by atoms with Gasteiger partial charge < -0.3 is 9.13 Å². The van der Waals surface area contributed by atoms with Crippen molar-refractivity contribution in [3.05, 3.63) is 287 Å². The number of hydrogen-bond acceptors (Lipinski definition) is 0. The highest BCUT2D eigenvalue weighted by atomic mass is 15.0. The van der Waals surface area contributed by atoms with Gasteiger partial charge in [0, 0.05) is 38.3 Å². The molecule has 0 saturated heterocycles. The summed E-state index contributed by atoms with van der Waals surface area (Å²) in [5.41, 5.74) is 22.1. The number of aromatic nitrogens is 2. The first-order valence-electron chi connectivity index (χ1n) is 23.8. The highest BCUT2D eigenvalue weighted by Gasteiger charge is 2.59. The van der Waals surface area contributed by atoms with Gasteiger partial charge in [-0.25, -0.2) is 0 Å². The quantitative estimate of drug-likeness (QED) is 0.164. The van der Waals surface area contributed by atoms with Crippen molar-refractivity contribution in [3.63, 3.8) is 0 Å². The lowest BCUT2D eigenvalue weighted by Gasteiger charge is -2.48. The van der Waals surface area contributed by atoms with Crippen molar-refractivity contribution in [2.24, 2.45) is 0 Å². The van der Waals surface area contributed by atoms with Crippen LogP contribution in [0.3, 0.4) is 0 Å². The van der Waals surface area contributed by atoms with Crippen LogP contribution in [0.5, 0.6) is 0 Å². The van der Waals surface area contributed by atoms with E-state index in [1.807, 2.05) is 0 Å². The Morgan fingerprint density at radius 1 is 0.235 bits per heavy atom. The van der Waals surface area contributed by atoms with Crippen molar-refractivity contribution in [1.29, 1.82) is 0 Å². The maximum Gasteiger partial charge on any atom is 0.0720 e. The van der Waals surface area contributed by atoms with Gasteiger partial charge in [-0.05, 0) is 115 Å². The van der Waals surface area contributed by atoms with Crippen molar-refractivity contribution >= 4 is 54.4 Å². The summed E-state index contributed by atoms with van der Waals surface area (Å²) in [4.78, 5) is 0. The van der Waals surface area contributed by atoms with Crippen LogP contribution in [0.2, 0.25) is 0 Å². The van der Waals surface area contributed by atoms with Crippen molar-refractivity contribution in [3.8, 4) is 33.6 Å². The first-order chi connectivity index (χ1) is 33.8. The molecular formula is C66H40N2. The van der Waals surface area contributed by atoms with Gasteiger partial charge in [-0.15, -0.1) is 0 Å². The maximum absolute atomic E-state index is 2.60. The van der Waals surface area contributed by atoms with Gasteiger partial charge in [0.2, 0.25) is 0 Å². The topological polar surface area (TPSA) is 9.86 Å². The van der Waals surface area contributed by atoms with E-state index in [2.05, 4.69) is 252 Å². The van der Waals surface area contributed by atoms with E-state index in [1.54, 1.807) is 0 Å². The average Bonchev–Trinajstić information content (AvgIpc) is 4.10. The molecule has 314 valence electrons. The minimum Gasteiger partial charge on any atom is -0.309 e. The predicted molar refractivity (Wildman–Crippen MR) is 281 cm³/mol. The number of rotatable bonds is 2. The summed E-state index contributed by atoms with van der Waals surface area (Å²) in [7, 11) is 0. The van der Waals surface area contributed by atoms with E-state index in [1.165, 1.54) is 121 Å². The first-order valence-corrected chi connectivity index (χ1v) is 23.8. The summed E-state index contributed by atoms with van der Waals surface area (Å²) in [5.74, 6) is 0. The van der Waals surface area contributed by atoms with Crippen molar-refractivity contribution in [1.82, 2.24) is 9.13 Å². The SMILES string of the molecule is c1ccc(-n2c3ccccc3c3ccc(-n4c5cc6c(cc5c5ccc7ccccc7c54)C4(c5ccccc5-6)c5ccccc5C5(c6ccccc6-c6ccccc65)c5ccccc54)cc32)cc1. The molecule has 0 fully saturated rings. The number of nitrogens with zero attached hydrogens (tertiary/aromatic N) is 2. The number of benzene rings is 11. The normalized spacial score (nSPS) is 14.4. The van der Waals surface area contributed by atoms with Gasteiger partial charge in [0.05, 0.1) is 32.9 Å². The fourth-order valence-electron chi connectivity index (χ4n) is 13.7. The van der Waals surface area contributed by atoms with Gasteiger partial charge in [0.15, 0.2) is 0 Å². The smallest absolute Gasteiger partial charge is 0.0720 e. The van der Waals surface area contributed by atoms with E-state index in [9.17, 15) is 0 Å². The molecule has 3 aliphatic rings. The van der Waals surface area contributed by atoms with Crippen LogP contribution < -0.4 is 0 Å². The van der Waals surface area contributed by atoms with Crippen LogP contribution in [0.4, 0.5) is 0 Å². The zero-order valence-electron chi connectivity index (χ0n) is 37.0. The van der Waals surface area contributed by atoms with Gasteiger partial charge in [0.1, 0.15) is 0 Å². The number of hydrogen-bond donors (Lipinski definition) is 0. The second-order valence-electron chi connectivity index (χ2n) is 19.1. The Morgan fingerprint density at radius 3 is 1.35 bits per heavy atom. The van der Waals surface area contributed by atoms with E-state index >= 15 is 0 Å². The number of para-hydroxylation sites is 2. The van der Waals surface area contributed by atoms with Gasteiger partial charge in [-0.1, -0.05) is 200 Å². The molecule has 68 heavy (non-hydrogen) atoms. The van der Waals surface area contributed by atoms with Gasteiger partial charge in [0.25, 0.3) is 0 Å². The molecule has 13 aromatic rings. The van der Waals surface area contributed by atoms with E-state index in [0.29, 0.717) is 0 Å². The van der Waals surface area contributed by atoms with Crippen LogP contribution in [-0.4, -0.2) is 9.13 Å². The van der Waals surface area contributed by atoms with E-state index < -0.39 is 10.8 Å². The summed E-state index contributed by atoms with van der Waals surface area (Å²) >= 11 is 0. The molecule has 0 amide bonds. The Labute approximate surface area is 393 Å². The molecule has 0 radical (unpaired) electrons. The van der Waals surface area contributed by atoms with Crippen LogP contribution in [0.15, 0.2) is 243 Å². The monoisotopic (exact) mass is 860 g/mol. The molecule has 11 aromatic carbocycles. The summed E-state index contributed by atoms with van der Waals surface area (Å²) in [6.07, 6.45) is 0.